The molecule has 1 aliphatic carbocycles. The van der Waals surface area contributed by atoms with Crippen molar-refractivity contribution in [2.24, 2.45) is 0 Å². The van der Waals surface area contributed by atoms with Crippen molar-refractivity contribution in [2.45, 2.75) is 44.3 Å². The summed E-state index contributed by atoms with van der Waals surface area (Å²) in [7, 11) is 0. The van der Waals surface area contributed by atoms with Gasteiger partial charge >= 0.3 is 0 Å². The van der Waals surface area contributed by atoms with Gasteiger partial charge in [0.25, 0.3) is 0 Å². The van der Waals surface area contributed by atoms with Crippen LogP contribution < -0.4 is 5.32 Å². The topological polar surface area (TPSA) is 15.3 Å². The lowest BCUT2D eigenvalue weighted by Crippen LogP contribution is -2.54. The second-order valence-electron chi connectivity index (χ2n) is 8.70. The molecule has 2 fully saturated rings. The molecule has 0 radical (unpaired) electrons. The molecule has 1 heterocycles. The Hall–Kier alpha value is -3.02. The van der Waals surface area contributed by atoms with E-state index in [1.165, 1.54) is 23.2 Å². The Bertz CT molecular complexity index is 1060. The van der Waals surface area contributed by atoms with Crippen LogP contribution in [0, 0.1) is 18.8 Å². The number of nitrogens with one attached hydrogen (secondary N) is 1. The fourth-order valence-electron chi connectivity index (χ4n) is 4.51. The van der Waals surface area contributed by atoms with Gasteiger partial charge in [0.05, 0.1) is 0 Å². The van der Waals surface area contributed by atoms with Crippen LogP contribution in [0.3, 0.4) is 0 Å². The molecule has 30 heavy (non-hydrogen) atoms. The highest BCUT2D eigenvalue weighted by Gasteiger charge is 2.50. The van der Waals surface area contributed by atoms with Gasteiger partial charge in [-0.1, -0.05) is 59.9 Å². The summed E-state index contributed by atoms with van der Waals surface area (Å²) in [5, 5.41) is 3.70. The highest BCUT2D eigenvalue weighted by Crippen LogP contribution is 2.43. The molecule has 3 aromatic carbocycles. The third-order valence-corrected chi connectivity index (χ3v) is 6.56. The summed E-state index contributed by atoms with van der Waals surface area (Å²) < 4.78 is 0. The fourth-order valence-corrected chi connectivity index (χ4v) is 4.51. The van der Waals surface area contributed by atoms with Crippen LogP contribution >= 0.6 is 0 Å². The zero-order valence-electron chi connectivity index (χ0n) is 17.7. The number of hydrogen-bond donors (Lipinski definition) is 1. The van der Waals surface area contributed by atoms with E-state index in [4.69, 9.17) is 0 Å². The minimum atomic E-state index is 0.590. The van der Waals surface area contributed by atoms with Crippen LogP contribution in [-0.4, -0.2) is 29.6 Å². The van der Waals surface area contributed by atoms with Gasteiger partial charge in [0, 0.05) is 47.4 Å². The molecule has 0 aromatic heterocycles. The molecule has 0 amide bonds. The summed E-state index contributed by atoms with van der Waals surface area (Å²) in [4.78, 5) is 2.67. The maximum absolute atomic E-state index is 3.70. The maximum Gasteiger partial charge on any atom is 0.0433 e. The van der Waals surface area contributed by atoms with E-state index >= 15 is 0 Å². The van der Waals surface area contributed by atoms with E-state index in [0.29, 0.717) is 24.0 Å². The monoisotopic (exact) mass is 392 g/mol. The van der Waals surface area contributed by atoms with Crippen LogP contribution in [0.4, 0.5) is 5.69 Å². The van der Waals surface area contributed by atoms with Crippen molar-refractivity contribution in [2.75, 3.05) is 11.9 Å². The fraction of sp³-hybridized carbons (Fsp3) is 0.286. The lowest BCUT2D eigenvalue weighted by Gasteiger charge is -2.47. The molecule has 2 aliphatic rings. The highest BCUT2D eigenvalue weighted by atomic mass is 15.3. The molecule has 150 valence electrons. The number of nitrogens with zero attached hydrogens (tertiary/aromatic N) is 1. The van der Waals surface area contributed by atoms with E-state index in [0.717, 1.165) is 17.7 Å². The number of anilines is 1. The van der Waals surface area contributed by atoms with Crippen LogP contribution in [-0.2, 0) is 0 Å². The molecule has 1 saturated carbocycles. The molecule has 1 aliphatic heterocycles. The molecule has 2 nitrogen and oxygen atoms in total. The van der Waals surface area contributed by atoms with Crippen LogP contribution in [0.5, 0.6) is 0 Å². The average molecular weight is 393 g/mol. The number of hydrogen-bond acceptors (Lipinski definition) is 2. The van der Waals surface area contributed by atoms with Crippen LogP contribution in [0.2, 0.25) is 0 Å². The lowest BCUT2D eigenvalue weighted by atomic mass is 9.83. The predicted octanol–water partition coefficient (Wildman–Crippen LogP) is 5.44. The first-order valence-electron chi connectivity index (χ1n) is 10.9. The van der Waals surface area contributed by atoms with Gasteiger partial charge in [0.15, 0.2) is 0 Å². The highest BCUT2D eigenvalue weighted by molar-refractivity contribution is 5.48. The molecule has 1 N–H and O–H groups in total. The molecular formula is C28H28N2. The lowest BCUT2D eigenvalue weighted by molar-refractivity contribution is 0.0626. The Morgan fingerprint density at radius 1 is 0.833 bits per heavy atom. The second kappa shape index (κ2) is 8.01. The maximum atomic E-state index is 3.70. The van der Waals surface area contributed by atoms with Gasteiger partial charge in [-0.05, 0) is 62.2 Å². The SMILES string of the molecule is Cc1ccc(NC2CC2N2C[C@H](c3ccc(C#Cc4ccccc4)cc3)[C@@H]2C)cc1. The number of likely N-dealkylation sites (tertiary alicyclic amines) is 1. The van der Waals surface area contributed by atoms with Gasteiger partial charge in [0.1, 0.15) is 0 Å². The molecule has 0 spiro atoms. The zero-order valence-corrected chi connectivity index (χ0v) is 17.7. The molecule has 0 bridgehead atoms. The van der Waals surface area contributed by atoms with E-state index in [2.05, 4.69) is 84.4 Å². The van der Waals surface area contributed by atoms with Crippen LogP contribution in [0.25, 0.3) is 0 Å². The summed E-state index contributed by atoms with van der Waals surface area (Å²) in [6, 6.07) is 29.6. The molecule has 1 saturated heterocycles. The Balaban J connectivity index is 1.16. The average Bonchev–Trinajstić information content (AvgIpc) is 3.52. The first-order chi connectivity index (χ1) is 14.7. The van der Waals surface area contributed by atoms with Gasteiger partial charge < -0.3 is 5.32 Å². The predicted molar refractivity (Wildman–Crippen MR) is 125 cm³/mol. The van der Waals surface area contributed by atoms with Gasteiger partial charge in [-0.15, -0.1) is 0 Å². The number of benzene rings is 3. The van der Waals surface area contributed by atoms with Gasteiger partial charge in [-0.2, -0.15) is 0 Å². The van der Waals surface area contributed by atoms with Crippen molar-refractivity contribution in [1.82, 2.24) is 4.90 Å². The van der Waals surface area contributed by atoms with Crippen molar-refractivity contribution >= 4 is 5.69 Å². The Morgan fingerprint density at radius 2 is 1.50 bits per heavy atom. The van der Waals surface area contributed by atoms with E-state index in [1.807, 2.05) is 30.3 Å². The Labute approximate surface area is 179 Å². The summed E-state index contributed by atoms with van der Waals surface area (Å²) in [6.07, 6.45) is 1.25. The van der Waals surface area contributed by atoms with E-state index < -0.39 is 0 Å². The molecule has 2 unspecified atom stereocenters. The standard InChI is InChI=1S/C28H28N2/c1-20-8-16-25(17-9-20)29-27-18-28(27)30-19-26(21(30)2)24-14-12-23(13-15-24)11-10-22-6-4-3-5-7-22/h3-9,12-17,21,26-29H,18-19H2,1-2H3/t21-,26-,27?,28?/m0/s1. The quantitative estimate of drug-likeness (QED) is 0.595. The van der Waals surface area contributed by atoms with E-state index in [9.17, 15) is 0 Å². The second-order valence-corrected chi connectivity index (χ2v) is 8.70. The van der Waals surface area contributed by atoms with E-state index in [1.54, 1.807) is 0 Å². The van der Waals surface area contributed by atoms with Crippen molar-refractivity contribution < 1.29 is 0 Å². The van der Waals surface area contributed by atoms with Crippen LogP contribution in [0.15, 0.2) is 78.9 Å². The first kappa shape index (κ1) is 19.0. The van der Waals surface area contributed by atoms with Crippen molar-refractivity contribution in [3.63, 3.8) is 0 Å². The summed E-state index contributed by atoms with van der Waals surface area (Å²) >= 11 is 0. The molecule has 3 aromatic rings. The minimum absolute atomic E-state index is 0.590. The third-order valence-electron chi connectivity index (χ3n) is 6.56. The van der Waals surface area contributed by atoms with Gasteiger partial charge in [0.2, 0.25) is 0 Å². The normalized spacial score (nSPS) is 25.0. The van der Waals surface area contributed by atoms with Gasteiger partial charge in [-0.3, -0.25) is 4.90 Å². The van der Waals surface area contributed by atoms with Crippen molar-refractivity contribution in [3.05, 3.63) is 101 Å². The smallest absolute Gasteiger partial charge is 0.0433 e. The number of rotatable bonds is 4. The summed E-state index contributed by atoms with van der Waals surface area (Å²) in [6.45, 7) is 5.67. The molecule has 2 heteroatoms. The third kappa shape index (κ3) is 3.99. The number of aryl methyl sites for hydroxylation is 1. The molecule has 4 atom stereocenters. The van der Waals surface area contributed by atoms with Crippen molar-refractivity contribution in [3.8, 4) is 11.8 Å². The molecular weight excluding hydrogens is 364 g/mol. The van der Waals surface area contributed by atoms with E-state index in [-0.39, 0.29) is 0 Å². The van der Waals surface area contributed by atoms with Crippen LogP contribution in [0.1, 0.15) is 41.5 Å². The Kier molecular flexibility index (Phi) is 5.07. The van der Waals surface area contributed by atoms with Gasteiger partial charge in [-0.25, -0.2) is 0 Å². The first-order valence-corrected chi connectivity index (χ1v) is 10.9. The summed E-state index contributed by atoms with van der Waals surface area (Å²) in [5.74, 6) is 7.14. The minimum Gasteiger partial charge on any atom is -0.381 e. The Morgan fingerprint density at radius 3 is 2.17 bits per heavy atom. The summed E-state index contributed by atoms with van der Waals surface area (Å²) in [5.41, 5.74) is 6.13. The molecule has 5 rings (SSSR count). The zero-order chi connectivity index (χ0) is 20.5. The largest absolute Gasteiger partial charge is 0.381 e. The van der Waals surface area contributed by atoms with Crippen molar-refractivity contribution in [1.29, 1.82) is 0 Å².